The molecule has 1 aromatic carbocycles. The summed E-state index contributed by atoms with van der Waals surface area (Å²) in [6.45, 7) is 6.10. The van der Waals surface area contributed by atoms with E-state index >= 15 is 0 Å². The number of carbonyl (C=O) groups excluding carboxylic acids is 1. The molecule has 3 aliphatic rings. The van der Waals surface area contributed by atoms with Gasteiger partial charge in [-0.1, -0.05) is 12.1 Å². The average molecular weight is 383 g/mol. The van der Waals surface area contributed by atoms with Gasteiger partial charge in [-0.2, -0.15) is 0 Å². The lowest BCUT2D eigenvalue weighted by Crippen LogP contribution is -2.47. The summed E-state index contributed by atoms with van der Waals surface area (Å²) in [7, 11) is 0. The molecule has 0 unspecified atom stereocenters. The number of rotatable bonds is 5. The molecule has 148 valence electrons. The topological polar surface area (TPSA) is 61.4 Å². The van der Waals surface area contributed by atoms with Crippen LogP contribution >= 0.6 is 0 Å². The van der Waals surface area contributed by atoms with Gasteiger partial charge < -0.3 is 10.2 Å². The minimum Gasteiger partial charge on any atom is -0.355 e. The third-order valence-corrected chi connectivity index (χ3v) is 5.60. The van der Waals surface area contributed by atoms with E-state index in [4.69, 9.17) is 0 Å². The average Bonchev–Trinajstić information content (AvgIpc) is 3.01. The zero-order chi connectivity index (χ0) is 19.5. The molecule has 0 aliphatic carbocycles. The summed E-state index contributed by atoms with van der Waals surface area (Å²) in [5.74, 6) is 0.812. The second-order valence-electron chi connectivity index (χ2n) is 7.70. The molecule has 0 spiro atoms. The van der Waals surface area contributed by atoms with E-state index in [-0.39, 0.29) is 17.8 Å². The second kappa shape index (κ2) is 8.22. The van der Waals surface area contributed by atoms with Crippen molar-refractivity contribution in [3.63, 3.8) is 0 Å². The second-order valence-corrected chi connectivity index (χ2v) is 7.70. The van der Waals surface area contributed by atoms with Crippen LogP contribution in [-0.4, -0.2) is 57.9 Å². The van der Waals surface area contributed by atoms with Gasteiger partial charge in [-0.05, 0) is 43.4 Å². The van der Waals surface area contributed by atoms with Gasteiger partial charge in [0.15, 0.2) is 0 Å². The van der Waals surface area contributed by atoms with Gasteiger partial charge in [0.1, 0.15) is 5.82 Å². The van der Waals surface area contributed by atoms with Gasteiger partial charge in [-0.3, -0.25) is 9.69 Å². The number of carbonyl (C=O) groups is 1. The SMILES string of the molecule is CCNc1ncc(C(=O)N2C[C@H]3CC[C@@H]2CN(Cc2ccc(F)cc2)C3)cn1. The Bertz CT molecular complexity index is 811. The third-order valence-electron chi connectivity index (χ3n) is 5.60. The van der Waals surface area contributed by atoms with Crippen LogP contribution in [0, 0.1) is 11.7 Å². The number of amides is 1. The Morgan fingerprint density at radius 1 is 1.14 bits per heavy atom. The molecule has 0 radical (unpaired) electrons. The van der Waals surface area contributed by atoms with Crippen LogP contribution in [0.2, 0.25) is 0 Å². The fourth-order valence-electron chi connectivity index (χ4n) is 4.26. The number of benzene rings is 1. The number of anilines is 1. The van der Waals surface area contributed by atoms with Gasteiger partial charge >= 0.3 is 0 Å². The summed E-state index contributed by atoms with van der Waals surface area (Å²) in [4.78, 5) is 26.0. The number of hydrogen-bond acceptors (Lipinski definition) is 5. The van der Waals surface area contributed by atoms with Gasteiger partial charge in [0.25, 0.3) is 5.91 Å². The molecule has 2 bridgehead atoms. The fraction of sp³-hybridized carbons (Fsp3) is 0.476. The predicted octanol–water partition coefficient (Wildman–Crippen LogP) is 2.78. The first-order valence-electron chi connectivity index (χ1n) is 9.96. The van der Waals surface area contributed by atoms with Crippen molar-refractivity contribution in [2.75, 3.05) is 31.5 Å². The molecule has 2 aromatic rings. The van der Waals surface area contributed by atoms with Gasteiger partial charge in [0.2, 0.25) is 5.95 Å². The first-order valence-corrected chi connectivity index (χ1v) is 9.96. The molecule has 3 aliphatic heterocycles. The molecule has 28 heavy (non-hydrogen) atoms. The third kappa shape index (κ3) is 4.14. The van der Waals surface area contributed by atoms with E-state index in [0.29, 0.717) is 17.4 Å². The van der Waals surface area contributed by atoms with E-state index in [2.05, 4.69) is 20.2 Å². The maximum absolute atomic E-state index is 13.2. The van der Waals surface area contributed by atoms with Crippen LogP contribution in [0.4, 0.5) is 10.3 Å². The van der Waals surface area contributed by atoms with Crippen LogP contribution in [0.3, 0.4) is 0 Å². The molecule has 0 saturated carbocycles. The molecule has 3 saturated heterocycles. The van der Waals surface area contributed by atoms with E-state index in [9.17, 15) is 9.18 Å². The number of nitrogens with zero attached hydrogens (tertiary/aromatic N) is 4. The minimum atomic E-state index is -0.209. The van der Waals surface area contributed by atoms with Crippen LogP contribution < -0.4 is 5.32 Å². The highest BCUT2D eigenvalue weighted by Crippen LogP contribution is 2.30. The predicted molar refractivity (Wildman–Crippen MR) is 105 cm³/mol. The van der Waals surface area contributed by atoms with E-state index < -0.39 is 0 Å². The Balaban J connectivity index is 1.45. The summed E-state index contributed by atoms with van der Waals surface area (Å²) < 4.78 is 13.2. The first-order chi connectivity index (χ1) is 13.6. The molecule has 5 rings (SSSR count). The van der Waals surface area contributed by atoms with Crippen molar-refractivity contribution in [2.45, 2.75) is 32.4 Å². The Kier molecular flexibility index (Phi) is 5.52. The maximum atomic E-state index is 13.2. The van der Waals surface area contributed by atoms with Gasteiger partial charge in [-0.15, -0.1) is 0 Å². The van der Waals surface area contributed by atoms with Crippen LogP contribution in [-0.2, 0) is 6.54 Å². The maximum Gasteiger partial charge on any atom is 0.257 e. The smallest absolute Gasteiger partial charge is 0.257 e. The Labute approximate surface area is 164 Å². The van der Waals surface area contributed by atoms with Gasteiger partial charge in [0.05, 0.1) is 5.56 Å². The summed E-state index contributed by atoms with van der Waals surface area (Å²) >= 11 is 0. The number of aromatic nitrogens is 2. The molecular formula is C21H26FN5O. The summed E-state index contributed by atoms with van der Waals surface area (Å²) in [6.07, 6.45) is 5.39. The van der Waals surface area contributed by atoms with Crippen molar-refractivity contribution in [3.8, 4) is 0 Å². The van der Waals surface area contributed by atoms with E-state index in [1.54, 1.807) is 12.4 Å². The van der Waals surface area contributed by atoms with Crippen molar-refractivity contribution < 1.29 is 9.18 Å². The molecular weight excluding hydrogens is 357 g/mol. The zero-order valence-electron chi connectivity index (χ0n) is 16.1. The molecule has 1 N–H and O–H groups in total. The molecule has 1 amide bonds. The number of nitrogens with one attached hydrogen (secondary N) is 1. The lowest BCUT2D eigenvalue weighted by atomic mass is 9.94. The number of piperidine rings is 1. The number of hydrogen-bond donors (Lipinski definition) is 1. The lowest BCUT2D eigenvalue weighted by Gasteiger charge is -2.36. The van der Waals surface area contributed by atoms with Crippen LogP contribution in [0.1, 0.15) is 35.7 Å². The molecule has 1 aromatic heterocycles. The number of fused-ring (bicyclic) bond motifs is 4. The molecule has 3 fully saturated rings. The fourth-order valence-corrected chi connectivity index (χ4v) is 4.26. The zero-order valence-corrected chi connectivity index (χ0v) is 16.1. The minimum absolute atomic E-state index is 0.0152. The first kappa shape index (κ1) is 18.8. The van der Waals surface area contributed by atoms with E-state index in [1.807, 2.05) is 24.0 Å². The normalized spacial score (nSPS) is 22.1. The van der Waals surface area contributed by atoms with Crippen molar-refractivity contribution in [1.82, 2.24) is 19.8 Å². The Morgan fingerprint density at radius 3 is 2.61 bits per heavy atom. The monoisotopic (exact) mass is 383 g/mol. The highest BCUT2D eigenvalue weighted by Gasteiger charge is 2.37. The number of halogens is 1. The van der Waals surface area contributed by atoms with Crippen LogP contribution in [0.5, 0.6) is 0 Å². The van der Waals surface area contributed by atoms with E-state index in [0.717, 1.165) is 51.1 Å². The van der Waals surface area contributed by atoms with Gasteiger partial charge in [0, 0.05) is 51.2 Å². The highest BCUT2D eigenvalue weighted by atomic mass is 19.1. The standard InChI is InChI=1S/C21H26FN5O/c1-2-23-21-24-9-17(10-25-21)20(28)27-13-16-5-8-19(27)14-26(12-16)11-15-3-6-18(22)7-4-15/h3-4,6-7,9-10,16,19H,2,5,8,11-14H2,1H3,(H,23,24,25)/t16-,19+/m0/s1. The Hall–Kier alpha value is -2.54. The summed E-state index contributed by atoms with van der Waals surface area (Å²) in [5.41, 5.74) is 1.65. The van der Waals surface area contributed by atoms with Gasteiger partial charge in [-0.25, -0.2) is 14.4 Å². The largest absolute Gasteiger partial charge is 0.355 e. The van der Waals surface area contributed by atoms with E-state index in [1.165, 1.54) is 12.1 Å². The van der Waals surface area contributed by atoms with Crippen molar-refractivity contribution in [1.29, 1.82) is 0 Å². The molecule has 7 heteroatoms. The van der Waals surface area contributed by atoms with Crippen molar-refractivity contribution in [3.05, 3.63) is 53.6 Å². The van der Waals surface area contributed by atoms with Crippen molar-refractivity contribution >= 4 is 11.9 Å². The van der Waals surface area contributed by atoms with Crippen molar-refractivity contribution in [2.24, 2.45) is 5.92 Å². The quantitative estimate of drug-likeness (QED) is 0.860. The Morgan fingerprint density at radius 2 is 1.89 bits per heavy atom. The molecule has 2 atom stereocenters. The summed E-state index contributed by atoms with van der Waals surface area (Å²) in [5, 5.41) is 3.05. The molecule has 4 heterocycles. The highest BCUT2D eigenvalue weighted by molar-refractivity contribution is 5.94. The lowest BCUT2D eigenvalue weighted by molar-refractivity contribution is 0.0584. The summed E-state index contributed by atoms with van der Waals surface area (Å²) in [6, 6.07) is 6.89. The van der Waals surface area contributed by atoms with Crippen LogP contribution in [0.15, 0.2) is 36.7 Å². The van der Waals surface area contributed by atoms with Crippen LogP contribution in [0.25, 0.3) is 0 Å². The molecule has 6 nitrogen and oxygen atoms in total.